The highest BCUT2D eigenvalue weighted by atomic mass is 35.5. The lowest BCUT2D eigenvalue weighted by atomic mass is 10.1. The summed E-state index contributed by atoms with van der Waals surface area (Å²) in [5.74, 6) is 0.308. The van der Waals surface area contributed by atoms with Gasteiger partial charge in [-0.05, 0) is 59.0 Å². The smallest absolute Gasteiger partial charge is 0.207 e. The molecule has 114 valence electrons. The summed E-state index contributed by atoms with van der Waals surface area (Å²) < 4.78 is 26.9. The van der Waals surface area contributed by atoms with Crippen molar-refractivity contribution in [2.45, 2.75) is 31.2 Å². The lowest BCUT2D eigenvalue weighted by Crippen LogP contribution is -2.27. The zero-order chi connectivity index (χ0) is 15.6. The third kappa shape index (κ3) is 3.48. The second-order valence-electron chi connectivity index (χ2n) is 5.07. The van der Waals surface area contributed by atoms with E-state index in [9.17, 15) is 8.42 Å². The van der Waals surface area contributed by atoms with Crippen molar-refractivity contribution in [2.75, 3.05) is 7.05 Å². The average Bonchev–Trinajstić information content (AvgIpc) is 2.91. The second kappa shape index (κ2) is 6.48. The van der Waals surface area contributed by atoms with E-state index in [1.807, 2.05) is 36.7 Å². The summed E-state index contributed by atoms with van der Waals surface area (Å²) in [5, 5.41) is 3.90. The van der Waals surface area contributed by atoms with Crippen LogP contribution in [0.5, 0.6) is 0 Å². The molecule has 21 heavy (non-hydrogen) atoms. The van der Waals surface area contributed by atoms with Crippen LogP contribution < -0.4 is 0 Å². The summed E-state index contributed by atoms with van der Waals surface area (Å²) in [7, 11) is -1.91. The first-order valence-corrected chi connectivity index (χ1v) is 9.41. The van der Waals surface area contributed by atoms with Crippen molar-refractivity contribution in [3.8, 4) is 0 Å². The topological polar surface area (TPSA) is 37.4 Å². The first-order chi connectivity index (χ1) is 9.86. The van der Waals surface area contributed by atoms with E-state index in [-0.39, 0.29) is 0 Å². The molecule has 0 saturated carbocycles. The van der Waals surface area contributed by atoms with Gasteiger partial charge in [0.05, 0.1) is 4.90 Å². The van der Waals surface area contributed by atoms with Crippen LogP contribution >= 0.6 is 22.9 Å². The van der Waals surface area contributed by atoms with Gasteiger partial charge in [-0.25, -0.2) is 8.42 Å². The Morgan fingerprint density at radius 1 is 1.24 bits per heavy atom. The summed E-state index contributed by atoms with van der Waals surface area (Å²) in [6.07, 6.45) is 0. The molecule has 1 heterocycles. The van der Waals surface area contributed by atoms with Crippen LogP contribution in [0.15, 0.2) is 33.9 Å². The second-order valence-corrected chi connectivity index (χ2v) is 8.13. The molecule has 0 amide bonds. The maximum absolute atomic E-state index is 12.7. The molecule has 6 heteroatoms. The standard InChI is InChI=1S/C15H18ClNO2S2/c1-11-6-12(2)15(7-14(11)8-16)21(18,19)17(3)9-13-4-5-20-10-13/h4-7,10H,8-9H2,1-3H3. The largest absolute Gasteiger partial charge is 0.243 e. The number of hydrogen-bond acceptors (Lipinski definition) is 3. The van der Waals surface area contributed by atoms with Crippen LogP contribution in [0.2, 0.25) is 0 Å². The lowest BCUT2D eigenvalue weighted by molar-refractivity contribution is 0.466. The molecule has 0 spiro atoms. The summed E-state index contributed by atoms with van der Waals surface area (Å²) in [6.45, 7) is 4.13. The van der Waals surface area contributed by atoms with Gasteiger partial charge >= 0.3 is 0 Å². The van der Waals surface area contributed by atoms with E-state index in [2.05, 4.69) is 0 Å². The number of aryl methyl sites for hydroxylation is 2. The average molecular weight is 344 g/mol. The van der Waals surface area contributed by atoms with Crippen molar-refractivity contribution in [3.63, 3.8) is 0 Å². The molecule has 0 aliphatic carbocycles. The van der Waals surface area contributed by atoms with E-state index < -0.39 is 10.0 Å². The monoisotopic (exact) mass is 343 g/mol. The predicted octanol–water partition coefficient (Wildman–Crippen LogP) is 3.92. The van der Waals surface area contributed by atoms with Gasteiger partial charge in [-0.2, -0.15) is 15.6 Å². The summed E-state index contributed by atoms with van der Waals surface area (Å²) in [5.41, 5.74) is 3.61. The number of sulfonamides is 1. The van der Waals surface area contributed by atoms with Gasteiger partial charge in [-0.3, -0.25) is 0 Å². The van der Waals surface area contributed by atoms with Crippen molar-refractivity contribution < 1.29 is 8.42 Å². The van der Waals surface area contributed by atoms with Crippen LogP contribution in [0, 0.1) is 13.8 Å². The van der Waals surface area contributed by atoms with Crippen LogP contribution in [0.3, 0.4) is 0 Å². The molecule has 0 radical (unpaired) electrons. The molecule has 1 aromatic heterocycles. The van der Waals surface area contributed by atoms with Crippen LogP contribution in [0.25, 0.3) is 0 Å². The zero-order valence-electron chi connectivity index (χ0n) is 12.3. The normalized spacial score (nSPS) is 12.0. The predicted molar refractivity (Wildman–Crippen MR) is 88.4 cm³/mol. The highest BCUT2D eigenvalue weighted by Gasteiger charge is 2.24. The molecule has 0 bridgehead atoms. The zero-order valence-corrected chi connectivity index (χ0v) is 14.6. The van der Waals surface area contributed by atoms with Gasteiger partial charge in [0.25, 0.3) is 0 Å². The fraction of sp³-hybridized carbons (Fsp3) is 0.333. The van der Waals surface area contributed by atoms with E-state index in [1.165, 1.54) is 4.31 Å². The van der Waals surface area contributed by atoms with Gasteiger partial charge in [-0.15, -0.1) is 11.6 Å². The maximum atomic E-state index is 12.7. The third-order valence-corrected chi connectivity index (χ3v) is 6.42. The Morgan fingerprint density at radius 3 is 2.52 bits per heavy atom. The van der Waals surface area contributed by atoms with Gasteiger partial charge in [0.1, 0.15) is 0 Å². The molecule has 1 aromatic carbocycles. The van der Waals surface area contributed by atoms with E-state index in [0.29, 0.717) is 17.3 Å². The summed E-state index contributed by atoms with van der Waals surface area (Å²) in [6, 6.07) is 5.50. The fourth-order valence-electron chi connectivity index (χ4n) is 2.19. The summed E-state index contributed by atoms with van der Waals surface area (Å²) in [4.78, 5) is 0.335. The molecule has 0 unspecified atom stereocenters. The summed E-state index contributed by atoms with van der Waals surface area (Å²) >= 11 is 7.45. The van der Waals surface area contributed by atoms with Crippen molar-refractivity contribution in [1.29, 1.82) is 0 Å². The van der Waals surface area contributed by atoms with E-state index in [1.54, 1.807) is 24.5 Å². The van der Waals surface area contributed by atoms with Crippen LogP contribution in [-0.4, -0.2) is 19.8 Å². The van der Waals surface area contributed by atoms with Crippen molar-refractivity contribution in [1.82, 2.24) is 4.31 Å². The van der Waals surface area contributed by atoms with Crippen molar-refractivity contribution in [2.24, 2.45) is 0 Å². The van der Waals surface area contributed by atoms with Crippen LogP contribution in [0.4, 0.5) is 0 Å². The molecule has 0 fully saturated rings. The first kappa shape index (κ1) is 16.5. The molecule has 2 rings (SSSR count). The molecule has 0 saturated heterocycles. The molecule has 3 nitrogen and oxygen atoms in total. The molecular formula is C15H18ClNO2S2. The molecule has 0 N–H and O–H groups in total. The Morgan fingerprint density at radius 2 is 1.95 bits per heavy atom. The Balaban J connectivity index is 2.39. The van der Waals surface area contributed by atoms with Crippen LogP contribution in [0.1, 0.15) is 22.3 Å². The van der Waals surface area contributed by atoms with Gasteiger partial charge in [0, 0.05) is 19.5 Å². The minimum atomic E-state index is -3.52. The molecule has 0 aliphatic rings. The van der Waals surface area contributed by atoms with Crippen LogP contribution in [-0.2, 0) is 22.4 Å². The molecule has 0 atom stereocenters. The SMILES string of the molecule is Cc1cc(C)c(S(=O)(=O)N(C)Cc2ccsc2)cc1CCl. The first-order valence-electron chi connectivity index (χ1n) is 6.49. The minimum Gasteiger partial charge on any atom is -0.207 e. The Labute approximate surface area is 135 Å². The number of halogens is 1. The third-order valence-electron chi connectivity index (χ3n) is 3.45. The number of rotatable bonds is 5. The van der Waals surface area contributed by atoms with Gasteiger partial charge in [0.15, 0.2) is 0 Å². The van der Waals surface area contributed by atoms with E-state index in [4.69, 9.17) is 11.6 Å². The van der Waals surface area contributed by atoms with E-state index in [0.717, 1.165) is 22.3 Å². The lowest BCUT2D eigenvalue weighted by Gasteiger charge is -2.19. The Bertz CT molecular complexity index is 724. The number of nitrogens with zero attached hydrogens (tertiary/aromatic N) is 1. The quantitative estimate of drug-likeness (QED) is 0.771. The highest BCUT2D eigenvalue weighted by Crippen LogP contribution is 2.25. The van der Waals surface area contributed by atoms with Gasteiger partial charge in [-0.1, -0.05) is 6.07 Å². The highest BCUT2D eigenvalue weighted by molar-refractivity contribution is 7.89. The Hall–Kier alpha value is -0.880. The van der Waals surface area contributed by atoms with Crippen molar-refractivity contribution in [3.05, 3.63) is 51.2 Å². The number of alkyl halides is 1. The van der Waals surface area contributed by atoms with Gasteiger partial charge < -0.3 is 0 Å². The Kier molecular flexibility index (Phi) is 5.09. The maximum Gasteiger partial charge on any atom is 0.243 e. The number of hydrogen-bond donors (Lipinski definition) is 0. The molecule has 2 aromatic rings. The van der Waals surface area contributed by atoms with Gasteiger partial charge in [0.2, 0.25) is 10.0 Å². The number of benzene rings is 1. The van der Waals surface area contributed by atoms with Crippen molar-refractivity contribution >= 4 is 33.0 Å². The molecular weight excluding hydrogens is 326 g/mol. The molecule has 0 aliphatic heterocycles. The number of thiophene rings is 1. The fourth-order valence-corrected chi connectivity index (χ4v) is 4.55. The minimum absolute atomic E-state index is 0.308. The van der Waals surface area contributed by atoms with E-state index >= 15 is 0 Å².